The van der Waals surface area contributed by atoms with E-state index in [1.807, 2.05) is 44.0 Å². The Hall–Kier alpha value is -2.20. The summed E-state index contributed by atoms with van der Waals surface area (Å²) >= 11 is 8.37. The van der Waals surface area contributed by atoms with Crippen molar-refractivity contribution in [3.8, 4) is 5.75 Å². The molecule has 47 heavy (non-hydrogen) atoms. The number of sulfonamides is 1. The predicted molar refractivity (Wildman–Crippen MR) is 193 cm³/mol. The fourth-order valence-corrected chi connectivity index (χ4v) is 10.6. The summed E-state index contributed by atoms with van der Waals surface area (Å²) in [6.07, 6.45) is 10.1. The molecule has 0 aromatic heterocycles. The van der Waals surface area contributed by atoms with Crippen LogP contribution < -0.4 is 14.4 Å². The number of halogens is 1. The molecule has 2 aromatic rings. The minimum Gasteiger partial charge on any atom is -0.490 e. The van der Waals surface area contributed by atoms with Crippen molar-refractivity contribution in [3.63, 3.8) is 0 Å². The number of hydrogen-bond donors (Lipinski definition) is 1. The zero-order valence-corrected chi connectivity index (χ0v) is 30.6. The zero-order valence-electron chi connectivity index (χ0n) is 28.3. The van der Waals surface area contributed by atoms with Gasteiger partial charge in [-0.2, -0.15) is 11.8 Å². The molecule has 6 atom stereocenters. The van der Waals surface area contributed by atoms with Crippen molar-refractivity contribution in [1.29, 1.82) is 0 Å². The quantitative estimate of drug-likeness (QED) is 0.333. The molecule has 7 nitrogen and oxygen atoms in total. The first-order chi connectivity index (χ1) is 22.4. The van der Waals surface area contributed by atoms with Crippen LogP contribution in [0, 0.1) is 17.8 Å². The minimum atomic E-state index is -3.93. The van der Waals surface area contributed by atoms with E-state index in [1.165, 1.54) is 11.1 Å². The largest absolute Gasteiger partial charge is 0.490 e. The number of carbonyl (C=O) groups is 1. The lowest BCUT2D eigenvalue weighted by Crippen LogP contribution is -2.54. The fraction of sp³-hybridized carbons (Fsp3) is 0.595. The van der Waals surface area contributed by atoms with Gasteiger partial charge in [0.25, 0.3) is 5.91 Å². The Balaban J connectivity index is 1.46. The normalized spacial score (nSPS) is 32.7. The highest BCUT2D eigenvalue weighted by Gasteiger charge is 2.49. The summed E-state index contributed by atoms with van der Waals surface area (Å²) in [5, 5.41) is 0.441. The molecule has 2 aliphatic carbocycles. The van der Waals surface area contributed by atoms with Crippen LogP contribution in [0.5, 0.6) is 5.75 Å². The molecular formula is C37H49ClN2O5S2. The summed E-state index contributed by atoms with van der Waals surface area (Å²) in [6, 6.07) is 11.6. The van der Waals surface area contributed by atoms with Gasteiger partial charge in [-0.1, -0.05) is 50.6 Å². The second-order valence-electron chi connectivity index (χ2n) is 14.5. The van der Waals surface area contributed by atoms with E-state index in [0.29, 0.717) is 35.7 Å². The SMILES string of the molecule is CO[C@@]1(CSC(C)C)/C=C\C[C@H](C)[C@@H](C)S(=O)(=O)NC(=O)c2ccc3c(c2)N(C[C@@H]2CC[C@H]21)C[C@@]1(CCCc2cc(Cl)ccc21)CO3. The third kappa shape index (κ3) is 6.84. The van der Waals surface area contributed by atoms with Crippen LogP contribution in [0.15, 0.2) is 48.6 Å². The van der Waals surface area contributed by atoms with E-state index in [2.05, 4.69) is 47.8 Å². The number of methoxy groups -OCH3 is 1. The van der Waals surface area contributed by atoms with Gasteiger partial charge >= 0.3 is 0 Å². The summed E-state index contributed by atoms with van der Waals surface area (Å²) in [5.74, 6) is 1.40. The average molecular weight is 701 g/mol. The molecule has 4 aliphatic rings. The van der Waals surface area contributed by atoms with E-state index in [0.717, 1.165) is 67.4 Å². The molecule has 0 unspecified atom stereocenters. The molecule has 1 N–H and O–H groups in total. The number of anilines is 1. The maximum atomic E-state index is 13.5. The predicted octanol–water partition coefficient (Wildman–Crippen LogP) is 7.41. The maximum absolute atomic E-state index is 13.5. The summed E-state index contributed by atoms with van der Waals surface area (Å²) in [4.78, 5) is 15.9. The van der Waals surface area contributed by atoms with Gasteiger partial charge in [-0.15, -0.1) is 0 Å². The van der Waals surface area contributed by atoms with Crippen LogP contribution in [-0.2, 0) is 26.6 Å². The summed E-state index contributed by atoms with van der Waals surface area (Å²) in [5.41, 5.74) is 2.99. The summed E-state index contributed by atoms with van der Waals surface area (Å²) in [7, 11) is -2.10. The lowest BCUT2D eigenvalue weighted by molar-refractivity contribution is -0.0588. The summed E-state index contributed by atoms with van der Waals surface area (Å²) in [6.45, 7) is 10.1. The Morgan fingerprint density at radius 3 is 2.70 bits per heavy atom. The Bertz CT molecular complexity index is 1630. The van der Waals surface area contributed by atoms with Crippen LogP contribution in [0.4, 0.5) is 5.69 Å². The number of hydrogen-bond acceptors (Lipinski definition) is 7. The van der Waals surface area contributed by atoms with Crippen LogP contribution in [-0.4, -0.2) is 63.0 Å². The lowest BCUT2D eigenvalue weighted by atomic mass is 9.64. The molecule has 1 fully saturated rings. The minimum absolute atomic E-state index is 0.200. The van der Waals surface area contributed by atoms with Gasteiger partial charge in [0.2, 0.25) is 10.0 Å². The highest BCUT2D eigenvalue weighted by Crippen LogP contribution is 2.50. The number of amides is 1. The van der Waals surface area contributed by atoms with E-state index in [4.69, 9.17) is 21.1 Å². The van der Waals surface area contributed by atoms with Crippen LogP contribution in [0.25, 0.3) is 0 Å². The van der Waals surface area contributed by atoms with Gasteiger partial charge in [0.05, 0.1) is 23.1 Å². The van der Waals surface area contributed by atoms with Crippen molar-refractivity contribution < 1.29 is 22.7 Å². The third-order valence-electron chi connectivity index (χ3n) is 11.3. The number of thioether (sulfide) groups is 1. The standard InChI is InChI=1S/C37H49ClN2O5S2/c1-24(2)46-23-37(44-5)17-6-8-25(3)26(4)47(42,43)39-35(41)28-11-15-34-33(19-28)40(20-29-10-13-32(29)37)21-36(22-45-34)16-7-9-27-18-30(38)12-14-31(27)36/h6,11-12,14-15,17-19,24-26,29,32H,7-10,13,16,20-23H2,1-5H3,(H,39,41)/b17-6-/t25-,26+,29-,32+,36-,37+/m0/s1. The van der Waals surface area contributed by atoms with Crippen LogP contribution >= 0.6 is 23.4 Å². The van der Waals surface area contributed by atoms with Crippen molar-refractivity contribution >= 4 is 45.0 Å². The van der Waals surface area contributed by atoms with Gasteiger partial charge in [0, 0.05) is 42.0 Å². The van der Waals surface area contributed by atoms with Gasteiger partial charge in [-0.05, 0) is 110 Å². The highest BCUT2D eigenvalue weighted by molar-refractivity contribution is 7.99. The van der Waals surface area contributed by atoms with E-state index < -0.39 is 26.8 Å². The van der Waals surface area contributed by atoms with Gasteiger partial charge in [0.15, 0.2) is 0 Å². The maximum Gasteiger partial charge on any atom is 0.264 e. The third-order valence-corrected chi connectivity index (χ3v) is 14.7. The van der Waals surface area contributed by atoms with Gasteiger partial charge < -0.3 is 14.4 Å². The average Bonchev–Trinajstić information content (AvgIpc) is 3.17. The monoisotopic (exact) mass is 700 g/mol. The number of fused-ring (bicyclic) bond motifs is 4. The fourth-order valence-electron chi connectivity index (χ4n) is 8.08. The van der Waals surface area contributed by atoms with Gasteiger partial charge in [-0.3, -0.25) is 4.79 Å². The second-order valence-corrected chi connectivity index (χ2v) is 18.6. The van der Waals surface area contributed by atoms with Crippen molar-refractivity contribution in [3.05, 3.63) is 70.3 Å². The van der Waals surface area contributed by atoms with Gasteiger partial charge in [-0.25, -0.2) is 13.1 Å². The molecule has 1 amide bonds. The first-order valence-electron chi connectivity index (χ1n) is 17.1. The van der Waals surface area contributed by atoms with E-state index in [9.17, 15) is 13.2 Å². The molecule has 1 spiro atoms. The number of aryl methyl sites for hydroxylation is 1. The Morgan fingerprint density at radius 2 is 1.98 bits per heavy atom. The number of rotatable bonds is 4. The Kier molecular flexibility index (Phi) is 10.0. The van der Waals surface area contributed by atoms with E-state index >= 15 is 0 Å². The molecule has 1 saturated carbocycles. The number of ether oxygens (including phenoxy) is 2. The molecule has 2 heterocycles. The number of carbonyl (C=O) groups excluding carboxylic acids is 1. The Morgan fingerprint density at radius 1 is 1.17 bits per heavy atom. The molecular weight excluding hydrogens is 652 g/mol. The summed E-state index contributed by atoms with van der Waals surface area (Å²) < 4.78 is 42.4. The molecule has 2 aromatic carbocycles. The van der Waals surface area contributed by atoms with Crippen molar-refractivity contribution in [2.45, 2.75) is 87.7 Å². The number of allylic oxidation sites excluding steroid dienone is 1. The second kappa shape index (κ2) is 13.6. The van der Waals surface area contributed by atoms with Crippen molar-refractivity contribution in [1.82, 2.24) is 4.72 Å². The molecule has 0 radical (unpaired) electrons. The zero-order chi connectivity index (χ0) is 33.6. The lowest BCUT2D eigenvalue weighted by Gasteiger charge is -2.50. The van der Waals surface area contributed by atoms with Crippen LogP contribution in [0.2, 0.25) is 5.02 Å². The van der Waals surface area contributed by atoms with E-state index in [-0.39, 0.29) is 11.3 Å². The molecule has 6 rings (SSSR count). The van der Waals surface area contributed by atoms with Crippen LogP contribution in [0.3, 0.4) is 0 Å². The van der Waals surface area contributed by atoms with E-state index in [1.54, 1.807) is 13.0 Å². The van der Waals surface area contributed by atoms with Crippen LogP contribution in [0.1, 0.15) is 81.3 Å². The first kappa shape index (κ1) is 34.7. The molecule has 10 heteroatoms. The topological polar surface area (TPSA) is 84.9 Å². The smallest absolute Gasteiger partial charge is 0.264 e. The highest BCUT2D eigenvalue weighted by atomic mass is 35.5. The molecule has 0 saturated heterocycles. The number of nitrogens with zero attached hydrogens (tertiary/aromatic N) is 1. The number of nitrogens with one attached hydrogen (secondary N) is 1. The van der Waals surface area contributed by atoms with Gasteiger partial charge in [0.1, 0.15) is 5.75 Å². The molecule has 2 aliphatic heterocycles. The van der Waals surface area contributed by atoms with Crippen molar-refractivity contribution in [2.75, 3.05) is 37.5 Å². The van der Waals surface area contributed by atoms with Crippen molar-refractivity contribution in [2.24, 2.45) is 17.8 Å². The Labute approximate surface area is 290 Å². The molecule has 256 valence electrons. The first-order valence-corrected chi connectivity index (χ1v) is 20.0. The number of benzene rings is 2. The molecule has 2 bridgehead atoms.